The van der Waals surface area contributed by atoms with Crippen LogP contribution in [0.25, 0.3) is 0 Å². The topological polar surface area (TPSA) is 91.7 Å². The summed E-state index contributed by atoms with van der Waals surface area (Å²) < 4.78 is 26.5. The van der Waals surface area contributed by atoms with Crippen LogP contribution in [-0.2, 0) is 9.84 Å². The summed E-state index contributed by atoms with van der Waals surface area (Å²) >= 11 is 0. The van der Waals surface area contributed by atoms with Crippen LogP contribution in [0.1, 0.15) is 70.2 Å². The molecule has 6 heteroatoms. The van der Waals surface area contributed by atoms with Crippen molar-refractivity contribution in [1.29, 1.82) is 0 Å². The first-order valence-corrected chi connectivity index (χ1v) is 11.8. The molecule has 1 aromatic carbocycles. The summed E-state index contributed by atoms with van der Waals surface area (Å²) in [6.07, 6.45) is 5.47. The monoisotopic (exact) mass is 408 g/mol. The zero-order valence-corrected chi connectivity index (χ0v) is 18.1. The van der Waals surface area contributed by atoms with Crippen molar-refractivity contribution in [3.63, 3.8) is 0 Å². The Balaban J connectivity index is 1.98. The summed E-state index contributed by atoms with van der Waals surface area (Å²) in [5.41, 5.74) is -0.0478. The molecule has 3 rings (SSSR count). The van der Waals surface area contributed by atoms with E-state index < -0.39 is 15.8 Å². The SMILES string of the molecule is CC1CCC2C(C)(C)CCCC2(C)C1CS(=O)(=O)c1cc(O)cc(C(=O)O)c1. The van der Waals surface area contributed by atoms with E-state index in [1.807, 2.05) is 0 Å². The van der Waals surface area contributed by atoms with Gasteiger partial charge in [0, 0.05) is 0 Å². The minimum atomic E-state index is -3.72. The maximum absolute atomic E-state index is 13.2. The van der Waals surface area contributed by atoms with Gasteiger partial charge in [0.05, 0.1) is 16.2 Å². The predicted octanol–water partition coefficient (Wildman–Crippen LogP) is 4.74. The third kappa shape index (κ3) is 3.68. The maximum Gasteiger partial charge on any atom is 0.335 e. The van der Waals surface area contributed by atoms with Gasteiger partial charge in [0.25, 0.3) is 0 Å². The molecule has 0 spiro atoms. The van der Waals surface area contributed by atoms with Crippen LogP contribution in [0.4, 0.5) is 0 Å². The average molecular weight is 409 g/mol. The van der Waals surface area contributed by atoms with Crippen LogP contribution in [0.3, 0.4) is 0 Å². The number of carbonyl (C=O) groups is 1. The maximum atomic E-state index is 13.2. The van der Waals surface area contributed by atoms with Gasteiger partial charge in [-0.2, -0.15) is 0 Å². The molecule has 2 fully saturated rings. The molecule has 0 heterocycles. The molecule has 4 unspecified atom stereocenters. The number of carboxylic acids is 1. The third-order valence-corrected chi connectivity index (χ3v) is 9.37. The highest BCUT2D eigenvalue weighted by Gasteiger charge is 2.54. The molecule has 28 heavy (non-hydrogen) atoms. The molecule has 2 aliphatic carbocycles. The van der Waals surface area contributed by atoms with Crippen molar-refractivity contribution >= 4 is 15.8 Å². The number of fused-ring (bicyclic) bond motifs is 1. The lowest BCUT2D eigenvalue weighted by atomic mass is 9.47. The van der Waals surface area contributed by atoms with Gasteiger partial charge in [-0.15, -0.1) is 0 Å². The number of hydrogen-bond donors (Lipinski definition) is 2. The molecular weight excluding hydrogens is 376 g/mol. The lowest BCUT2D eigenvalue weighted by molar-refractivity contribution is -0.0855. The molecule has 0 aromatic heterocycles. The van der Waals surface area contributed by atoms with Crippen LogP contribution < -0.4 is 0 Å². The fourth-order valence-corrected chi connectivity index (χ4v) is 8.17. The number of aromatic hydroxyl groups is 1. The van der Waals surface area contributed by atoms with E-state index >= 15 is 0 Å². The largest absolute Gasteiger partial charge is 0.508 e. The normalized spacial score (nSPS) is 32.5. The second kappa shape index (κ2) is 7.05. The highest BCUT2D eigenvalue weighted by molar-refractivity contribution is 7.91. The van der Waals surface area contributed by atoms with E-state index in [-0.39, 0.29) is 38.7 Å². The Morgan fingerprint density at radius 2 is 1.82 bits per heavy atom. The van der Waals surface area contributed by atoms with E-state index in [0.717, 1.165) is 37.8 Å². The lowest BCUT2D eigenvalue weighted by Gasteiger charge is -2.59. The summed E-state index contributed by atoms with van der Waals surface area (Å²) in [5.74, 6) is -0.784. The van der Waals surface area contributed by atoms with Gasteiger partial charge >= 0.3 is 5.97 Å². The van der Waals surface area contributed by atoms with Crippen LogP contribution in [0, 0.1) is 28.6 Å². The Bertz CT molecular complexity index is 873. The van der Waals surface area contributed by atoms with E-state index in [1.54, 1.807) is 0 Å². The van der Waals surface area contributed by atoms with Crippen molar-refractivity contribution in [1.82, 2.24) is 0 Å². The first-order chi connectivity index (χ1) is 12.9. The van der Waals surface area contributed by atoms with Crippen molar-refractivity contribution in [2.75, 3.05) is 5.75 Å². The Morgan fingerprint density at radius 1 is 1.14 bits per heavy atom. The second-order valence-corrected chi connectivity index (χ2v) is 11.9. The molecule has 156 valence electrons. The zero-order valence-electron chi connectivity index (χ0n) is 17.2. The predicted molar refractivity (Wildman–Crippen MR) is 108 cm³/mol. The molecule has 2 N–H and O–H groups in total. The standard InChI is InChI=1S/C22H32O5S/c1-14-6-7-19-21(2,3)8-5-9-22(19,4)18(14)13-28(26,27)17-11-15(20(24)25)10-16(23)12-17/h10-12,14,18-19,23H,5-9,13H2,1-4H3,(H,24,25). The fraction of sp³-hybridized carbons (Fsp3) is 0.682. The summed E-state index contributed by atoms with van der Waals surface area (Å²) in [4.78, 5) is 11.2. The van der Waals surface area contributed by atoms with Gasteiger partial charge in [0.15, 0.2) is 9.84 Å². The van der Waals surface area contributed by atoms with Crippen molar-refractivity contribution < 1.29 is 23.4 Å². The number of hydrogen-bond acceptors (Lipinski definition) is 4. The van der Waals surface area contributed by atoms with E-state index in [0.29, 0.717) is 11.8 Å². The van der Waals surface area contributed by atoms with Gasteiger partial charge in [0.2, 0.25) is 0 Å². The molecule has 0 radical (unpaired) electrons. The molecule has 0 bridgehead atoms. The molecule has 5 nitrogen and oxygen atoms in total. The van der Waals surface area contributed by atoms with Crippen molar-refractivity contribution in [3.05, 3.63) is 23.8 Å². The highest BCUT2D eigenvalue weighted by Crippen LogP contribution is 2.61. The van der Waals surface area contributed by atoms with Gasteiger partial charge < -0.3 is 10.2 Å². The van der Waals surface area contributed by atoms with Gasteiger partial charge in [-0.05, 0) is 66.0 Å². The van der Waals surface area contributed by atoms with Gasteiger partial charge in [-0.3, -0.25) is 0 Å². The number of aromatic carboxylic acids is 1. The summed E-state index contributed by atoms with van der Waals surface area (Å²) in [6, 6.07) is 3.40. The van der Waals surface area contributed by atoms with Gasteiger partial charge in [-0.25, -0.2) is 13.2 Å². The molecular formula is C22H32O5S. The third-order valence-electron chi connectivity index (χ3n) is 7.62. The lowest BCUT2D eigenvalue weighted by Crippen LogP contribution is -2.52. The smallest absolute Gasteiger partial charge is 0.335 e. The minimum absolute atomic E-state index is 0.000239. The molecule has 0 amide bonds. The summed E-state index contributed by atoms with van der Waals surface area (Å²) in [5, 5.41) is 19.1. The first kappa shape index (κ1) is 21.2. The van der Waals surface area contributed by atoms with Crippen molar-refractivity contribution in [3.8, 4) is 5.75 Å². The molecule has 0 saturated heterocycles. The average Bonchev–Trinajstić information content (AvgIpc) is 2.57. The van der Waals surface area contributed by atoms with Gasteiger partial charge in [-0.1, -0.05) is 40.5 Å². The van der Waals surface area contributed by atoms with Crippen molar-refractivity contribution in [2.45, 2.75) is 64.7 Å². The quantitative estimate of drug-likeness (QED) is 0.750. The minimum Gasteiger partial charge on any atom is -0.508 e. The number of carboxylic acid groups (broad SMARTS) is 1. The first-order valence-electron chi connectivity index (χ1n) is 10.2. The van der Waals surface area contributed by atoms with Crippen LogP contribution in [0.5, 0.6) is 5.75 Å². The Hall–Kier alpha value is -1.56. The molecule has 0 aliphatic heterocycles. The van der Waals surface area contributed by atoms with E-state index in [4.69, 9.17) is 0 Å². The van der Waals surface area contributed by atoms with E-state index in [1.165, 1.54) is 12.5 Å². The fourth-order valence-electron chi connectivity index (χ4n) is 6.18. The molecule has 2 saturated carbocycles. The van der Waals surface area contributed by atoms with Gasteiger partial charge in [0.1, 0.15) is 5.75 Å². The Labute approximate surface area is 168 Å². The van der Waals surface area contributed by atoms with Crippen LogP contribution in [-0.4, -0.2) is 30.4 Å². The number of sulfone groups is 1. The molecule has 2 aliphatic rings. The number of phenols is 1. The van der Waals surface area contributed by atoms with E-state index in [9.17, 15) is 23.4 Å². The second-order valence-electron chi connectivity index (χ2n) is 9.86. The Morgan fingerprint density at radius 3 is 2.46 bits per heavy atom. The number of phenolic OH excluding ortho intramolecular Hbond substituents is 1. The molecule has 4 atom stereocenters. The number of benzene rings is 1. The van der Waals surface area contributed by atoms with Crippen LogP contribution in [0.2, 0.25) is 0 Å². The highest BCUT2D eigenvalue weighted by atomic mass is 32.2. The molecule has 1 aromatic rings. The van der Waals surface area contributed by atoms with Crippen LogP contribution in [0.15, 0.2) is 23.1 Å². The zero-order chi connectivity index (χ0) is 20.9. The number of rotatable bonds is 4. The summed E-state index contributed by atoms with van der Waals surface area (Å²) in [6.45, 7) is 9.03. The summed E-state index contributed by atoms with van der Waals surface area (Å²) in [7, 11) is -3.72. The van der Waals surface area contributed by atoms with E-state index in [2.05, 4.69) is 27.7 Å². The Kier molecular flexibility index (Phi) is 5.32. The van der Waals surface area contributed by atoms with Crippen LogP contribution >= 0.6 is 0 Å². The van der Waals surface area contributed by atoms with Crippen molar-refractivity contribution in [2.24, 2.45) is 28.6 Å².